The lowest BCUT2D eigenvalue weighted by Crippen LogP contribution is -2.42. The van der Waals surface area contributed by atoms with Gasteiger partial charge in [0, 0.05) is 25.5 Å². The second-order valence-electron chi connectivity index (χ2n) is 5.92. The lowest BCUT2D eigenvalue weighted by Gasteiger charge is -2.38. The van der Waals surface area contributed by atoms with Crippen LogP contribution >= 0.6 is 0 Å². The second-order valence-corrected chi connectivity index (χ2v) is 5.92. The molecule has 1 aromatic carbocycles. The predicted molar refractivity (Wildman–Crippen MR) is 80.1 cm³/mol. The number of hydrogen-bond acceptors (Lipinski definition) is 4. The molecule has 1 fully saturated rings. The van der Waals surface area contributed by atoms with Gasteiger partial charge in [-0.3, -0.25) is 4.90 Å². The van der Waals surface area contributed by atoms with Crippen LogP contribution in [0.15, 0.2) is 36.7 Å². The van der Waals surface area contributed by atoms with Crippen LogP contribution in [0.5, 0.6) is 5.75 Å². The molecule has 8 heteroatoms. The third kappa shape index (κ3) is 4.07. The molecule has 1 aliphatic heterocycles. The number of imidazole rings is 1. The predicted octanol–water partition coefficient (Wildman–Crippen LogP) is 2.79. The molecule has 0 radical (unpaired) electrons. The summed E-state index contributed by atoms with van der Waals surface area (Å²) in [6, 6.07) is 5.58. The molecule has 3 rings (SSSR count). The third-order valence-corrected chi connectivity index (χ3v) is 4.22. The molecule has 0 atom stereocenters. The van der Waals surface area contributed by atoms with Gasteiger partial charge in [-0.2, -0.15) is 0 Å². The van der Waals surface area contributed by atoms with Crippen molar-refractivity contribution in [2.75, 3.05) is 13.1 Å². The Bertz CT molecular complexity index is 665. The number of ether oxygens (including phenoxy) is 1. The summed E-state index contributed by atoms with van der Waals surface area (Å²) in [4.78, 5) is 9.34. The number of benzene rings is 1. The molecule has 130 valence electrons. The van der Waals surface area contributed by atoms with Crippen LogP contribution in [-0.2, 0) is 12.1 Å². The van der Waals surface area contributed by atoms with E-state index in [1.807, 2.05) is 0 Å². The fraction of sp³-hybridized carbons (Fsp3) is 0.438. The number of piperidine rings is 1. The molecule has 0 bridgehead atoms. The number of hydrogen-bond donors (Lipinski definition) is 2. The first-order valence-corrected chi connectivity index (χ1v) is 7.63. The summed E-state index contributed by atoms with van der Waals surface area (Å²) in [6.45, 7) is 1.91. The van der Waals surface area contributed by atoms with Gasteiger partial charge in [-0.25, -0.2) is 4.98 Å². The van der Waals surface area contributed by atoms with Crippen LogP contribution in [0.4, 0.5) is 13.2 Å². The fourth-order valence-corrected chi connectivity index (χ4v) is 2.95. The van der Waals surface area contributed by atoms with Crippen molar-refractivity contribution in [3.05, 3.63) is 48.0 Å². The monoisotopic (exact) mass is 341 g/mol. The first kappa shape index (κ1) is 16.8. The van der Waals surface area contributed by atoms with Gasteiger partial charge in [0.2, 0.25) is 0 Å². The van der Waals surface area contributed by atoms with Gasteiger partial charge in [0.1, 0.15) is 11.6 Å². The van der Waals surface area contributed by atoms with E-state index < -0.39 is 12.0 Å². The Hall–Kier alpha value is -2.06. The number of H-pyrrole nitrogens is 1. The molecule has 0 aliphatic carbocycles. The maximum absolute atomic E-state index is 12.3. The van der Waals surface area contributed by atoms with Gasteiger partial charge in [-0.15, -0.1) is 13.2 Å². The number of rotatable bonds is 4. The van der Waals surface area contributed by atoms with Crippen molar-refractivity contribution in [1.29, 1.82) is 0 Å². The van der Waals surface area contributed by atoms with Gasteiger partial charge in [0.25, 0.3) is 0 Å². The van der Waals surface area contributed by atoms with Crippen molar-refractivity contribution in [2.24, 2.45) is 0 Å². The molecule has 0 unspecified atom stereocenters. The second kappa shape index (κ2) is 6.45. The molecule has 2 aromatic rings. The van der Waals surface area contributed by atoms with Gasteiger partial charge >= 0.3 is 6.36 Å². The average molecular weight is 341 g/mol. The maximum atomic E-state index is 12.3. The van der Waals surface area contributed by atoms with Crippen molar-refractivity contribution in [3.8, 4) is 5.75 Å². The molecule has 1 aliphatic rings. The minimum absolute atomic E-state index is 0.313. The van der Waals surface area contributed by atoms with Crippen LogP contribution in [0.3, 0.4) is 0 Å². The van der Waals surface area contributed by atoms with E-state index in [4.69, 9.17) is 0 Å². The average Bonchev–Trinajstić information content (AvgIpc) is 3.01. The van der Waals surface area contributed by atoms with Gasteiger partial charge in [-0.1, -0.05) is 12.1 Å². The topological polar surface area (TPSA) is 61.4 Å². The smallest absolute Gasteiger partial charge is 0.406 e. The fourth-order valence-electron chi connectivity index (χ4n) is 2.95. The Balaban J connectivity index is 1.66. The maximum Gasteiger partial charge on any atom is 0.573 e. The van der Waals surface area contributed by atoms with E-state index in [0.29, 0.717) is 38.0 Å². The summed E-state index contributed by atoms with van der Waals surface area (Å²) in [6.07, 6.45) is -0.441. The minimum Gasteiger partial charge on any atom is -0.406 e. The first-order valence-electron chi connectivity index (χ1n) is 7.63. The lowest BCUT2D eigenvalue weighted by atomic mass is 9.84. The van der Waals surface area contributed by atoms with Crippen molar-refractivity contribution in [1.82, 2.24) is 14.9 Å². The molecule has 0 saturated carbocycles. The molecule has 1 saturated heterocycles. The summed E-state index contributed by atoms with van der Waals surface area (Å²) in [5.74, 6) is 0.535. The Morgan fingerprint density at radius 3 is 2.67 bits per heavy atom. The Morgan fingerprint density at radius 2 is 2.04 bits per heavy atom. The lowest BCUT2D eigenvalue weighted by molar-refractivity contribution is -0.274. The van der Waals surface area contributed by atoms with Crippen LogP contribution in [-0.4, -0.2) is 39.4 Å². The van der Waals surface area contributed by atoms with Crippen molar-refractivity contribution in [2.45, 2.75) is 31.3 Å². The molecule has 2 N–H and O–H groups in total. The van der Waals surface area contributed by atoms with Gasteiger partial charge in [-0.05, 0) is 30.5 Å². The number of likely N-dealkylation sites (tertiary alicyclic amines) is 1. The van der Waals surface area contributed by atoms with Crippen molar-refractivity contribution < 1.29 is 23.0 Å². The number of aromatic nitrogens is 2. The highest BCUT2D eigenvalue weighted by Gasteiger charge is 2.36. The van der Waals surface area contributed by atoms with E-state index >= 15 is 0 Å². The molecule has 0 spiro atoms. The molecule has 24 heavy (non-hydrogen) atoms. The van der Waals surface area contributed by atoms with Gasteiger partial charge in [0.05, 0.1) is 12.1 Å². The number of aromatic amines is 1. The Labute approximate surface area is 137 Å². The zero-order valence-electron chi connectivity index (χ0n) is 12.9. The highest BCUT2D eigenvalue weighted by molar-refractivity contribution is 5.33. The van der Waals surface area contributed by atoms with Crippen LogP contribution < -0.4 is 4.74 Å². The minimum atomic E-state index is -4.74. The van der Waals surface area contributed by atoms with Gasteiger partial charge < -0.3 is 14.8 Å². The molecular weight excluding hydrogens is 323 g/mol. The summed E-state index contributed by atoms with van der Waals surface area (Å²) < 4.78 is 41.0. The van der Waals surface area contributed by atoms with Gasteiger partial charge in [0.15, 0.2) is 0 Å². The Morgan fingerprint density at radius 1 is 1.29 bits per heavy atom. The van der Waals surface area contributed by atoms with Crippen LogP contribution in [0.1, 0.15) is 24.2 Å². The third-order valence-electron chi connectivity index (χ3n) is 4.22. The van der Waals surface area contributed by atoms with E-state index in [2.05, 4.69) is 19.6 Å². The molecule has 0 amide bonds. The summed E-state index contributed by atoms with van der Waals surface area (Å²) in [5.41, 5.74) is -0.702. The quantitative estimate of drug-likeness (QED) is 0.898. The number of aliphatic hydroxyl groups is 1. The highest BCUT2D eigenvalue weighted by Crippen LogP contribution is 2.35. The molecule has 5 nitrogen and oxygen atoms in total. The summed E-state index contributed by atoms with van der Waals surface area (Å²) in [5, 5.41) is 10.8. The summed E-state index contributed by atoms with van der Waals surface area (Å²) >= 11 is 0. The number of nitrogens with zero attached hydrogens (tertiary/aromatic N) is 2. The molecular formula is C16H18F3N3O2. The van der Waals surface area contributed by atoms with Crippen LogP contribution in [0.2, 0.25) is 0 Å². The number of alkyl halides is 3. The van der Waals surface area contributed by atoms with E-state index in [-0.39, 0.29) is 5.75 Å². The Kier molecular flexibility index (Phi) is 4.51. The standard InChI is InChI=1S/C16H18F3N3O2/c17-16(18,19)24-13-3-1-2-12(10-13)15(23)4-8-22(9-5-15)11-14-20-6-7-21-14/h1-3,6-7,10,23H,4-5,8-9,11H2,(H,20,21). The van der Waals surface area contributed by atoms with E-state index in [1.54, 1.807) is 18.5 Å². The number of nitrogens with one attached hydrogen (secondary N) is 1. The largest absolute Gasteiger partial charge is 0.573 e. The zero-order chi connectivity index (χ0) is 17.2. The van der Waals surface area contributed by atoms with Crippen LogP contribution in [0.25, 0.3) is 0 Å². The molecule has 1 aromatic heterocycles. The highest BCUT2D eigenvalue weighted by atomic mass is 19.4. The van der Waals surface area contributed by atoms with E-state index in [0.717, 1.165) is 5.82 Å². The number of halogens is 3. The van der Waals surface area contributed by atoms with E-state index in [1.165, 1.54) is 18.2 Å². The normalized spacial score (nSPS) is 18.5. The van der Waals surface area contributed by atoms with Crippen molar-refractivity contribution in [3.63, 3.8) is 0 Å². The molecule has 2 heterocycles. The zero-order valence-corrected chi connectivity index (χ0v) is 12.9. The first-order chi connectivity index (χ1) is 11.3. The van der Waals surface area contributed by atoms with Crippen LogP contribution in [0, 0.1) is 0 Å². The summed E-state index contributed by atoms with van der Waals surface area (Å²) in [7, 11) is 0. The van der Waals surface area contributed by atoms with E-state index in [9.17, 15) is 18.3 Å². The van der Waals surface area contributed by atoms with Crippen molar-refractivity contribution >= 4 is 0 Å². The SMILES string of the molecule is OC1(c2cccc(OC(F)(F)F)c2)CCN(Cc2ncc[nH]2)CC1.